The minimum Gasteiger partial charge on any atom is -0.465 e. The van der Waals surface area contributed by atoms with Gasteiger partial charge in [0.25, 0.3) is 5.56 Å². The lowest BCUT2D eigenvalue weighted by atomic mass is 10.2. The monoisotopic (exact) mass is 496 g/mol. The minimum atomic E-state index is -0.714. The standard InChI is InChI=1S/C25H16N6O4S/c32-22-13-17(26-25-30(22)19-10-4-5-11-21(19)36-25)15-35-24(33)20(14-18-9-6-12-34-18)31-23(27-28-29-31)16-7-2-1-3-8-16/h1-14H,15H2/b20-14-. The van der Waals surface area contributed by atoms with Crippen LogP contribution in [0.4, 0.5) is 0 Å². The van der Waals surface area contributed by atoms with Gasteiger partial charge in [0.2, 0.25) is 0 Å². The summed E-state index contributed by atoms with van der Waals surface area (Å²) < 4.78 is 14.7. The number of ether oxygens (including phenoxy) is 1. The van der Waals surface area contributed by atoms with Crippen LogP contribution in [-0.2, 0) is 16.1 Å². The maximum atomic E-state index is 13.3. The van der Waals surface area contributed by atoms with E-state index in [0.717, 1.165) is 10.2 Å². The largest absolute Gasteiger partial charge is 0.465 e. The Bertz CT molecular complexity index is 1780. The highest BCUT2D eigenvalue weighted by atomic mass is 32.1. The second kappa shape index (κ2) is 9.04. The van der Waals surface area contributed by atoms with Crippen molar-refractivity contribution in [2.45, 2.75) is 6.61 Å². The molecule has 0 unspecified atom stereocenters. The van der Waals surface area contributed by atoms with Gasteiger partial charge in [0.1, 0.15) is 12.4 Å². The van der Waals surface area contributed by atoms with Crippen molar-refractivity contribution in [2.75, 3.05) is 0 Å². The van der Waals surface area contributed by atoms with Gasteiger partial charge in [-0.1, -0.05) is 53.8 Å². The van der Waals surface area contributed by atoms with Crippen LogP contribution in [0.2, 0.25) is 0 Å². The third-order valence-electron chi connectivity index (χ3n) is 5.36. The predicted molar refractivity (Wildman–Crippen MR) is 133 cm³/mol. The van der Waals surface area contributed by atoms with E-state index in [0.29, 0.717) is 27.8 Å². The number of para-hydroxylation sites is 1. The van der Waals surface area contributed by atoms with Gasteiger partial charge in [-0.2, -0.15) is 4.68 Å². The van der Waals surface area contributed by atoms with Gasteiger partial charge in [0.05, 0.1) is 22.2 Å². The normalized spacial score (nSPS) is 11.8. The van der Waals surface area contributed by atoms with Crippen LogP contribution in [0.3, 0.4) is 0 Å². The molecule has 176 valence electrons. The van der Waals surface area contributed by atoms with Crippen molar-refractivity contribution in [3.63, 3.8) is 0 Å². The number of rotatable bonds is 6. The summed E-state index contributed by atoms with van der Waals surface area (Å²) in [4.78, 5) is 31.1. The highest BCUT2D eigenvalue weighted by Gasteiger charge is 2.22. The third kappa shape index (κ3) is 3.97. The Morgan fingerprint density at radius 3 is 2.72 bits per heavy atom. The number of aromatic nitrogens is 6. The first-order valence-electron chi connectivity index (χ1n) is 10.8. The van der Waals surface area contributed by atoms with Gasteiger partial charge in [-0.05, 0) is 34.7 Å². The fourth-order valence-electron chi connectivity index (χ4n) is 3.74. The van der Waals surface area contributed by atoms with Gasteiger partial charge in [-0.15, -0.1) is 5.10 Å². The molecule has 0 radical (unpaired) electrons. The van der Waals surface area contributed by atoms with Crippen molar-refractivity contribution < 1.29 is 13.9 Å². The van der Waals surface area contributed by atoms with Crippen LogP contribution in [0, 0.1) is 0 Å². The highest BCUT2D eigenvalue weighted by molar-refractivity contribution is 7.23. The zero-order valence-corrected chi connectivity index (χ0v) is 19.3. The molecule has 6 rings (SSSR count). The topological polar surface area (TPSA) is 117 Å². The Hall–Kier alpha value is -4.90. The number of hydrogen-bond donors (Lipinski definition) is 0. The van der Waals surface area contributed by atoms with E-state index in [9.17, 15) is 9.59 Å². The number of hydrogen-bond acceptors (Lipinski definition) is 9. The molecule has 0 N–H and O–H groups in total. The Morgan fingerprint density at radius 1 is 1.06 bits per heavy atom. The number of thiazole rings is 1. The fourth-order valence-corrected chi connectivity index (χ4v) is 4.79. The lowest BCUT2D eigenvalue weighted by molar-refractivity contribution is -0.138. The molecule has 2 aromatic carbocycles. The molecule has 0 spiro atoms. The number of nitrogens with zero attached hydrogens (tertiary/aromatic N) is 6. The summed E-state index contributed by atoms with van der Waals surface area (Å²) in [6.07, 6.45) is 2.98. The van der Waals surface area contributed by atoms with Crippen LogP contribution in [0.5, 0.6) is 0 Å². The summed E-state index contributed by atoms with van der Waals surface area (Å²) in [7, 11) is 0. The van der Waals surface area contributed by atoms with Crippen molar-refractivity contribution in [2.24, 2.45) is 0 Å². The maximum absolute atomic E-state index is 13.3. The van der Waals surface area contributed by atoms with Crippen molar-refractivity contribution in [3.8, 4) is 11.4 Å². The van der Waals surface area contributed by atoms with Gasteiger partial charge >= 0.3 is 5.97 Å². The van der Waals surface area contributed by atoms with Gasteiger partial charge in [0, 0.05) is 17.7 Å². The molecule has 6 aromatic rings. The third-order valence-corrected chi connectivity index (χ3v) is 6.38. The van der Waals surface area contributed by atoms with E-state index in [2.05, 4.69) is 20.5 Å². The van der Waals surface area contributed by atoms with Crippen molar-refractivity contribution in [1.82, 2.24) is 29.6 Å². The molecule has 4 heterocycles. The van der Waals surface area contributed by atoms with Gasteiger partial charge in [-0.25, -0.2) is 9.78 Å². The van der Waals surface area contributed by atoms with Crippen molar-refractivity contribution in [1.29, 1.82) is 0 Å². The Morgan fingerprint density at radius 2 is 1.89 bits per heavy atom. The molecule has 0 aliphatic carbocycles. The van der Waals surface area contributed by atoms with Crippen LogP contribution in [0.1, 0.15) is 11.5 Å². The molecule has 4 aromatic heterocycles. The molecule has 10 nitrogen and oxygen atoms in total. The Kier molecular flexibility index (Phi) is 5.43. The molecule has 0 fully saturated rings. The van der Waals surface area contributed by atoms with Crippen LogP contribution < -0.4 is 5.56 Å². The SMILES string of the molecule is O=C(OCc1cc(=O)n2c(n1)sc1ccccc12)/C(=C/c1ccco1)n1nnnc1-c1ccccc1. The summed E-state index contributed by atoms with van der Waals surface area (Å²) in [6, 6.07) is 21.5. The average molecular weight is 497 g/mol. The summed E-state index contributed by atoms with van der Waals surface area (Å²) >= 11 is 1.39. The number of furan rings is 1. The number of esters is 1. The number of tetrazole rings is 1. The van der Waals surface area contributed by atoms with E-state index in [4.69, 9.17) is 9.15 Å². The molecule has 0 saturated heterocycles. The maximum Gasteiger partial charge on any atom is 0.357 e. The van der Waals surface area contributed by atoms with E-state index >= 15 is 0 Å². The average Bonchev–Trinajstić information content (AvgIpc) is 3.66. The summed E-state index contributed by atoms with van der Waals surface area (Å²) in [5.41, 5.74) is 1.62. The van der Waals surface area contributed by atoms with Gasteiger partial charge < -0.3 is 9.15 Å². The van der Waals surface area contributed by atoms with Crippen LogP contribution in [0.15, 0.2) is 88.3 Å². The van der Waals surface area contributed by atoms with Gasteiger partial charge in [0.15, 0.2) is 16.5 Å². The highest BCUT2D eigenvalue weighted by Crippen LogP contribution is 2.24. The van der Waals surface area contributed by atoms with E-state index in [1.807, 2.05) is 54.6 Å². The molecule has 0 aliphatic heterocycles. The van der Waals surface area contributed by atoms with Crippen molar-refractivity contribution >= 4 is 44.3 Å². The van der Waals surface area contributed by atoms with Crippen LogP contribution in [-0.4, -0.2) is 35.6 Å². The lowest BCUT2D eigenvalue weighted by Gasteiger charge is -2.10. The fraction of sp³-hybridized carbons (Fsp3) is 0.0400. The Labute approximate surface area is 206 Å². The smallest absolute Gasteiger partial charge is 0.357 e. The lowest BCUT2D eigenvalue weighted by Crippen LogP contribution is -2.17. The zero-order valence-electron chi connectivity index (χ0n) is 18.5. The molecular weight excluding hydrogens is 480 g/mol. The number of fused-ring (bicyclic) bond motifs is 3. The molecule has 0 saturated carbocycles. The second-order valence-corrected chi connectivity index (χ2v) is 8.68. The van der Waals surface area contributed by atoms with Crippen LogP contribution >= 0.6 is 11.3 Å². The molecular formula is C25H16N6O4S. The predicted octanol–water partition coefficient (Wildman–Crippen LogP) is 3.90. The summed E-state index contributed by atoms with van der Waals surface area (Å²) in [5, 5.41) is 11.8. The molecule has 36 heavy (non-hydrogen) atoms. The first-order chi connectivity index (χ1) is 17.7. The summed E-state index contributed by atoms with van der Waals surface area (Å²) in [5.74, 6) is 0.0576. The molecule has 11 heteroatoms. The minimum absolute atomic E-state index is 0.0356. The number of carbonyl (C=O) groups is 1. The molecule has 0 aliphatic rings. The summed E-state index contributed by atoms with van der Waals surface area (Å²) in [6.45, 7) is -0.211. The van der Waals surface area contributed by atoms with E-state index in [1.54, 1.807) is 16.5 Å². The van der Waals surface area contributed by atoms with E-state index in [1.165, 1.54) is 34.4 Å². The quantitative estimate of drug-likeness (QED) is 0.252. The zero-order chi connectivity index (χ0) is 24.5. The first-order valence-corrected chi connectivity index (χ1v) is 11.7. The van der Waals surface area contributed by atoms with Crippen LogP contribution in [0.25, 0.3) is 38.3 Å². The van der Waals surface area contributed by atoms with E-state index in [-0.39, 0.29) is 17.9 Å². The van der Waals surface area contributed by atoms with E-state index < -0.39 is 5.97 Å². The number of carbonyl (C=O) groups excluding carboxylic acids is 1. The molecule has 0 amide bonds. The molecule has 0 bridgehead atoms. The number of benzene rings is 2. The van der Waals surface area contributed by atoms with Gasteiger partial charge in [-0.3, -0.25) is 9.20 Å². The van der Waals surface area contributed by atoms with Crippen molar-refractivity contribution in [3.05, 3.63) is 101 Å². The molecule has 0 atom stereocenters. The second-order valence-electron chi connectivity index (χ2n) is 7.67. The Balaban J connectivity index is 1.33. The first kappa shape index (κ1) is 21.6.